The van der Waals surface area contributed by atoms with Crippen molar-refractivity contribution in [3.05, 3.63) is 138 Å². The van der Waals surface area contributed by atoms with E-state index in [1.54, 1.807) is 102 Å². The van der Waals surface area contributed by atoms with E-state index in [4.69, 9.17) is 9.72 Å². The molecule has 3 aromatic heterocycles. The average Bonchev–Trinajstić information content (AvgIpc) is 4.15. The van der Waals surface area contributed by atoms with Gasteiger partial charge in [-0.1, -0.05) is 60.7 Å². The number of alkyl halides is 3. The number of carbonyl (C=O) groups excluding carboxylic acids is 3. The number of carbonyl (C=O) groups is 4. The number of amides is 4. The summed E-state index contributed by atoms with van der Waals surface area (Å²) in [5, 5.41) is 12.5. The highest BCUT2D eigenvalue weighted by atomic mass is 19.4. The molecule has 0 unspecified atom stereocenters. The highest BCUT2D eigenvalue weighted by Gasteiger charge is 2.43. The Kier molecular flexibility index (Phi) is 12.1. The van der Waals surface area contributed by atoms with Gasteiger partial charge in [0, 0.05) is 43.8 Å². The van der Waals surface area contributed by atoms with Gasteiger partial charge in [0.05, 0.1) is 36.8 Å². The van der Waals surface area contributed by atoms with E-state index >= 15 is 0 Å². The van der Waals surface area contributed by atoms with E-state index in [2.05, 4.69) is 25.3 Å². The summed E-state index contributed by atoms with van der Waals surface area (Å²) in [5.41, 5.74) is 1.84. The van der Waals surface area contributed by atoms with Crippen LogP contribution in [0.3, 0.4) is 0 Å². The smallest absolute Gasteiger partial charge is 0.434 e. The van der Waals surface area contributed by atoms with Crippen molar-refractivity contribution in [3.8, 4) is 28.5 Å². The third-order valence-electron chi connectivity index (χ3n) is 11.5. The molecule has 0 aliphatic carbocycles. The van der Waals surface area contributed by atoms with Gasteiger partial charge in [-0.15, -0.1) is 0 Å². The average molecular weight is 877 g/mol. The van der Waals surface area contributed by atoms with Crippen LogP contribution in [0.1, 0.15) is 78.3 Å². The Bertz CT molecular complexity index is 2640. The topological polar surface area (TPSA) is 192 Å². The summed E-state index contributed by atoms with van der Waals surface area (Å²) in [6.07, 6.45) is -0.658. The lowest BCUT2D eigenvalue weighted by Crippen LogP contribution is -2.43. The summed E-state index contributed by atoms with van der Waals surface area (Å²) in [6, 6.07) is 22.0. The maximum atomic E-state index is 14.3. The number of likely N-dealkylation sites (tertiary alicyclic amines) is 2. The molecule has 6 aromatic rings. The van der Waals surface area contributed by atoms with Gasteiger partial charge < -0.3 is 34.5 Å². The quantitative estimate of drug-likeness (QED) is 0.117. The van der Waals surface area contributed by atoms with Crippen molar-refractivity contribution in [2.24, 2.45) is 0 Å². The summed E-state index contributed by atoms with van der Waals surface area (Å²) >= 11 is 0. The maximum Gasteiger partial charge on any atom is 0.434 e. The molecular weight excluding hydrogens is 834 g/mol. The fraction of sp³-hybridized carbons (Fsp3) is 0.289. The molecule has 0 saturated carbocycles. The lowest BCUT2D eigenvalue weighted by Gasteiger charge is -2.32. The van der Waals surface area contributed by atoms with E-state index < -0.39 is 54.1 Å². The zero-order valence-electron chi connectivity index (χ0n) is 34.6. The number of nitrogens with one attached hydrogen (secondary N) is 2. The fourth-order valence-corrected chi connectivity index (χ4v) is 8.35. The number of benzene rings is 3. The molecule has 3 aromatic carbocycles. The Morgan fingerprint density at radius 1 is 0.844 bits per heavy atom. The van der Waals surface area contributed by atoms with Crippen molar-refractivity contribution in [2.45, 2.75) is 56.0 Å². The third-order valence-corrected chi connectivity index (χ3v) is 11.5. The number of halogens is 3. The van der Waals surface area contributed by atoms with Gasteiger partial charge in [-0.2, -0.15) is 13.2 Å². The van der Waals surface area contributed by atoms with E-state index in [1.165, 1.54) is 23.6 Å². The van der Waals surface area contributed by atoms with Crippen LogP contribution in [0.2, 0.25) is 0 Å². The summed E-state index contributed by atoms with van der Waals surface area (Å²) in [4.78, 5) is 77.7. The van der Waals surface area contributed by atoms with Crippen LogP contribution < -0.4 is 5.32 Å². The molecule has 3 N–H and O–H groups in total. The molecule has 0 spiro atoms. The van der Waals surface area contributed by atoms with Gasteiger partial charge in [0.15, 0.2) is 11.5 Å². The number of alkyl carbamates (subject to hydrolysis) is 1. The number of likely N-dealkylation sites (N-methyl/N-ethyl adjacent to an activating group) is 1. The van der Waals surface area contributed by atoms with Crippen LogP contribution in [0.5, 0.6) is 0 Å². The standard InChI is InChI=1S/C45H43F3N10O6/c1-55(44(62)63)37(28-13-7-4-8-14-28)42(60)57-24-10-16-34(57)40-53-35(45(46,47)48)26-58(40)30-19-17-29(18-20-30)38-49-22-21-31(51-38)32-25-50-39(52-32)33-15-9-23-56(33)41(59)36(54-43(61)64-2)27-11-5-3-6-12-27/h3-8,11-14,17-22,25-26,33-34,36-37H,9-10,15-16,23-24H2,1-2H3,(H,50,52)(H,54,61)(H,62,63)/t33-,34-,36+,37+/m0/s1. The van der Waals surface area contributed by atoms with Crippen LogP contribution in [0.15, 0.2) is 110 Å². The number of aromatic nitrogens is 6. The van der Waals surface area contributed by atoms with E-state index in [0.717, 1.165) is 11.1 Å². The van der Waals surface area contributed by atoms with Gasteiger partial charge in [0.2, 0.25) is 0 Å². The number of rotatable bonds is 11. The normalized spacial score (nSPS) is 17.2. The first kappa shape index (κ1) is 43.1. The summed E-state index contributed by atoms with van der Waals surface area (Å²) in [6.45, 7) is 0.646. The van der Waals surface area contributed by atoms with Crippen LogP contribution >= 0.6 is 0 Å². The molecule has 4 atom stereocenters. The molecule has 5 heterocycles. The summed E-state index contributed by atoms with van der Waals surface area (Å²) in [5.74, 6) is -0.0337. The van der Waals surface area contributed by atoms with E-state index in [-0.39, 0.29) is 18.3 Å². The first-order valence-corrected chi connectivity index (χ1v) is 20.5. The number of methoxy groups -OCH3 is 1. The number of ether oxygens (including phenoxy) is 1. The highest BCUT2D eigenvalue weighted by Crippen LogP contribution is 2.39. The van der Waals surface area contributed by atoms with E-state index in [0.29, 0.717) is 77.6 Å². The molecule has 8 rings (SSSR count). The van der Waals surface area contributed by atoms with Crippen molar-refractivity contribution in [2.75, 3.05) is 27.2 Å². The number of H-pyrrole nitrogens is 1. The molecule has 0 radical (unpaired) electrons. The molecule has 2 fully saturated rings. The number of imidazole rings is 2. The van der Waals surface area contributed by atoms with E-state index in [1.807, 2.05) is 6.07 Å². The molecule has 2 saturated heterocycles. The highest BCUT2D eigenvalue weighted by molar-refractivity contribution is 5.88. The van der Waals surface area contributed by atoms with Gasteiger partial charge in [0.1, 0.15) is 23.7 Å². The van der Waals surface area contributed by atoms with Crippen LogP contribution in [0.4, 0.5) is 22.8 Å². The minimum atomic E-state index is -4.79. The zero-order valence-corrected chi connectivity index (χ0v) is 34.6. The Labute approximate surface area is 364 Å². The number of carboxylic acid groups (broad SMARTS) is 1. The van der Waals surface area contributed by atoms with Gasteiger partial charge in [0.25, 0.3) is 11.8 Å². The molecule has 2 aliphatic heterocycles. The van der Waals surface area contributed by atoms with E-state index in [9.17, 15) is 37.5 Å². The largest absolute Gasteiger partial charge is 0.465 e. The molecule has 64 heavy (non-hydrogen) atoms. The lowest BCUT2D eigenvalue weighted by molar-refractivity contribution is -0.141. The molecule has 2 aliphatic rings. The molecule has 16 nitrogen and oxygen atoms in total. The number of nitrogens with zero attached hydrogens (tertiary/aromatic N) is 8. The zero-order chi connectivity index (χ0) is 45.1. The van der Waals surface area contributed by atoms with Crippen molar-refractivity contribution >= 4 is 24.0 Å². The SMILES string of the molecule is COC(=O)N[C@@H](C(=O)N1CCC[C@H]1c1ncc(-c2ccnc(-c3ccc(-n4cc(C(F)(F)F)nc4[C@@H]4CCCN4C(=O)[C@@H](c4ccccc4)N(C)C(=O)O)cc3)n2)[nH]1)c1ccccc1. The maximum absolute atomic E-state index is 14.3. The van der Waals surface area contributed by atoms with Gasteiger partial charge in [-0.3, -0.25) is 14.5 Å². The fourth-order valence-electron chi connectivity index (χ4n) is 8.35. The van der Waals surface area contributed by atoms with Crippen LogP contribution in [0.25, 0.3) is 28.5 Å². The predicted molar refractivity (Wildman–Crippen MR) is 224 cm³/mol. The van der Waals surface area contributed by atoms with Gasteiger partial charge in [-0.25, -0.2) is 29.5 Å². The first-order chi connectivity index (χ1) is 30.8. The first-order valence-electron chi connectivity index (χ1n) is 20.5. The minimum Gasteiger partial charge on any atom is -0.465 e. The second-order valence-electron chi connectivity index (χ2n) is 15.4. The Morgan fingerprint density at radius 2 is 1.48 bits per heavy atom. The second-order valence-corrected chi connectivity index (χ2v) is 15.4. The Morgan fingerprint density at radius 3 is 2.12 bits per heavy atom. The van der Waals surface area contributed by atoms with Gasteiger partial charge >= 0.3 is 18.4 Å². The van der Waals surface area contributed by atoms with Crippen LogP contribution in [-0.4, -0.2) is 101 Å². The molecule has 0 bridgehead atoms. The van der Waals surface area contributed by atoms with Crippen molar-refractivity contribution in [1.82, 2.24) is 49.5 Å². The second kappa shape index (κ2) is 18.0. The minimum absolute atomic E-state index is 0.0122. The number of hydrogen-bond donors (Lipinski definition) is 3. The predicted octanol–water partition coefficient (Wildman–Crippen LogP) is 7.51. The summed E-state index contributed by atoms with van der Waals surface area (Å²) in [7, 11) is 2.51. The Balaban J connectivity index is 1.04. The van der Waals surface area contributed by atoms with Crippen LogP contribution in [-0.2, 0) is 20.5 Å². The van der Waals surface area contributed by atoms with Gasteiger partial charge in [-0.05, 0) is 67.1 Å². The van der Waals surface area contributed by atoms with Crippen LogP contribution in [0, 0.1) is 0 Å². The molecule has 4 amide bonds. The van der Waals surface area contributed by atoms with Crippen molar-refractivity contribution in [1.29, 1.82) is 0 Å². The third kappa shape index (κ3) is 8.73. The molecule has 19 heteroatoms. The summed E-state index contributed by atoms with van der Waals surface area (Å²) < 4.78 is 48.9. The number of hydrogen-bond acceptors (Lipinski definition) is 9. The Hall–Kier alpha value is -7.57. The lowest BCUT2D eigenvalue weighted by atomic mass is 10.0. The number of aromatic amines is 1. The van der Waals surface area contributed by atoms with Crippen molar-refractivity contribution < 1.29 is 42.2 Å². The molecule has 330 valence electrons. The molecular formula is C45H43F3N10O6. The van der Waals surface area contributed by atoms with Crippen molar-refractivity contribution in [3.63, 3.8) is 0 Å². The monoisotopic (exact) mass is 876 g/mol.